The number of para-hydroxylation sites is 1. The molecule has 120 valence electrons. The van der Waals surface area contributed by atoms with Gasteiger partial charge in [0.1, 0.15) is 5.58 Å². The van der Waals surface area contributed by atoms with Gasteiger partial charge in [-0.3, -0.25) is 4.98 Å². The zero-order valence-electron chi connectivity index (χ0n) is 14.2. The number of furan rings is 1. The summed E-state index contributed by atoms with van der Waals surface area (Å²) in [6.07, 6.45) is 2.80. The molecule has 24 heavy (non-hydrogen) atoms. The summed E-state index contributed by atoms with van der Waals surface area (Å²) in [6.45, 7) is 6.47. The number of rotatable bonds is 3. The van der Waals surface area contributed by atoms with Crippen molar-refractivity contribution < 1.29 is 4.42 Å². The Morgan fingerprint density at radius 2 is 1.92 bits per heavy atom. The lowest BCUT2D eigenvalue weighted by atomic mass is 10.0. The third kappa shape index (κ3) is 2.56. The maximum Gasteiger partial charge on any atom is 0.227 e. The molecule has 0 saturated heterocycles. The van der Waals surface area contributed by atoms with E-state index >= 15 is 0 Å². The van der Waals surface area contributed by atoms with E-state index in [0.29, 0.717) is 11.6 Å². The van der Waals surface area contributed by atoms with E-state index in [0.717, 1.165) is 39.7 Å². The zero-order chi connectivity index (χ0) is 16.7. The van der Waals surface area contributed by atoms with Crippen LogP contribution in [0.4, 0.5) is 0 Å². The lowest BCUT2D eigenvalue weighted by molar-refractivity contribution is 0.621. The molecule has 0 N–H and O–H groups in total. The van der Waals surface area contributed by atoms with E-state index in [2.05, 4.69) is 62.2 Å². The predicted octanol–water partition coefficient (Wildman–Crippen LogP) is 5.55. The molecule has 0 atom stereocenters. The van der Waals surface area contributed by atoms with Gasteiger partial charge in [0.05, 0.1) is 5.69 Å². The minimum Gasteiger partial charge on any atom is -0.437 e. The molecule has 0 bridgehead atoms. The first-order valence-electron chi connectivity index (χ1n) is 8.36. The largest absolute Gasteiger partial charge is 0.437 e. The molecule has 4 aromatic rings. The van der Waals surface area contributed by atoms with E-state index in [1.54, 1.807) is 0 Å². The number of benzene rings is 1. The van der Waals surface area contributed by atoms with Gasteiger partial charge in [-0.25, -0.2) is 4.98 Å². The van der Waals surface area contributed by atoms with Crippen LogP contribution in [0.1, 0.15) is 25.1 Å². The van der Waals surface area contributed by atoms with Gasteiger partial charge >= 0.3 is 0 Å². The molecule has 0 aliphatic rings. The van der Waals surface area contributed by atoms with Gasteiger partial charge in [-0.15, -0.1) is 0 Å². The lowest BCUT2D eigenvalue weighted by Gasteiger charge is -2.02. The van der Waals surface area contributed by atoms with Crippen molar-refractivity contribution in [2.45, 2.75) is 27.2 Å². The molecule has 1 aromatic carbocycles. The van der Waals surface area contributed by atoms with Crippen LogP contribution in [0.5, 0.6) is 0 Å². The average Bonchev–Trinajstić information content (AvgIpc) is 2.91. The van der Waals surface area contributed by atoms with E-state index in [9.17, 15) is 0 Å². The lowest BCUT2D eigenvalue weighted by Crippen LogP contribution is -1.96. The maximum absolute atomic E-state index is 6.15. The van der Waals surface area contributed by atoms with E-state index in [1.807, 2.05) is 12.3 Å². The number of hydrogen-bond acceptors (Lipinski definition) is 3. The summed E-state index contributed by atoms with van der Waals surface area (Å²) in [6, 6.07) is 14.5. The molecule has 4 rings (SSSR count). The van der Waals surface area contributed by atoms with Crippen molar-refractivity contribution in [1.29, 1.82) is 0 Å². The fraction of sp³-hybridized carbons (Fsp3) is 0.238. The average molecular weight is 316 g/mol. The molecule has 3 heterocycles. The Morgan fingerprint density at radius 3 is 2.71 bits per heavy atom. The highest BCUT2D eigenvalue weighted by Crippen LogP contribution is 2.34. The van der Waals surface area contributed by atoms with Crippen molar-refractivity contribution in [3.8, 4) is 11.3 Å². The van der Waals surface area contributed by atoms with Crippen molar-refractivity contribution >= 4 is 22.1 Å². The van der Waals surface area contributed by atoms with Crippen LogP contribution in [0.15, 0.2) is 53.1 Å². The maximum atomic E-state index is 6.15. The first-order valence-corrected chi connectivity index (χ1v) is 8.36. The minimum absolute atomic E-state index is 0.575. The molecule has 0 radical (unpaired) electrons. The van der Waals surface area contributed by atoms with Crippen LogP contribution in [0.2, 0.25) is 0 Å². The Hall–Kier alpha value is -2.68. The van der Waals surface area contributed by atoms with Gasteiger partial charge in [0.2, 0.25) is 5.71 Å². The highest BCUT2D eigenvalue weighted by Gasteiger charge is 2.14. The van der Waals surface area contributed by atoms with E-state index in [4.69, 9.17) is 9.40 Å². The summed E-state index contributed by atoms with van der Waals surface area (Å²) >= 11 is 0. The summed E-state index contributed by atoms with van der Waals surface area (Å²) in [5.74, 6) is 0.575. The van der Waals surface area contributed by atoms with Crippen molar-refractivity contribution in [2.75, 3.05) is 0 Å². The molecule has 0 unspecified atom stereocenters. The van der Waals surface area contributed by atoms with Crippen molar-refractivity contribution in [3.05, 3.63) is 59.9 Å². The quantitative estimate of drug-likeness (QED) is 0.497. The summed E-state index contributed by atoms with van der Waals surface area (Å²) in [5, 5.41) is 2.15. The number of aryl methyl sites for hydroxylation is 1. The topological polar surface area (TPSA) is 38.9 Å². The Balaban J connectivity index is 1.93. The fourth-order valence-electron chi connectivity index (χ4n) is 3.13. The van der Waals surface area contributed by atoms with Crippen molar-refractivity contribution in [1.82, 2.24) is 9.97 Å². The number of aromatic nitrogens is 2. The SMILES string of the molecule is Cc1ccnc(-c2cccc3c2oc2nc(CC(C)C)ccc23)c1. The molecule has 3 aromatic heterocycles. The normalized spacial score (nSPS) is 11.7. The summed E-state index contributed by atoms with van der Waals surface area (Å²) in [5.41, 5.74) is 5.78. The number of hydrogen-bond donors (Lipinski definition) is 0. The van der Waals surface area contributed by atoms with Gasteiger partial charge in [-0.2, -0.15) is 0 Å². The van der Waals surface area contributed by atoms with E-state index < -0.39 is 0 Å². The van der Waals surface area contributed by atoms with Crippen LogP contribution in [0.25, 0.3) is 33.3 Å². The fourth-order valence-corrected chi connectivity index (χ4v) is 3.13. The van der Waals surface area contributed by atoms with Crippen LogP contribution in [0, 0.1) is 12.8 Å². The molecule has 0 spiro atoms. The second kappa shape index (κ2) is 5.75. The minimum atomic E-state index is 0.575. The number of pyridine rings is 2. The Morgan fingerprint density at radius 1 is 1.04 bits per heavy atom. The molecule has 0 saturated carbocycles. The molecular formula is C21H20N2O. The third-order valence-electron chi connectivity index (χ3n) is 4.23. The van der Waals surface area contributed by atoms with Gasteiger partial charge in [0, 0.05) is 28.2 Å². The summed E-state index contributed by atoms with van der Waals surface area (Å²) < 4.78 is 6.15. The second-order valence-electron chi connectivity index (χ2n) is 6.76. The first-order chi connectivity index (χ1) is 11.6. The first kappa shape index (κ1) is 14.9. The van der Waals surface area contributed by atoms with E-state index in [-0.39, 0.29) is 0 Å². The van der Waals surface area contributed by atoms with Gasteiger partial charge < -0.3 is 4.42 Å². The number of fused-ring (bicyclic) bond motifs is 3. The van der Waals surface area contributed by atoms with Crippen LogP contribution < -0.4 is 0 Å². The zero-order valence-corrected chi connectivity index (χ0v) is 14.2. The molecule has 3 nitrogen and oxygen atoms in total. The van der Waals surface area contributed by atoms with Crippen LogP contribution >= 0.6 is 0 Å². The van der Waals surface area contributed by atoms with Crippen LogP contribution in [-0.4, -0.2) is 9.97 Å². The molecule has 3 heteroatoms. The number of nitrogens with zero attached hydrogens (tertiary/aromatic N) is 2. The molecule has 0 aliphatic carbocycles. The van der Waals surface area contributed by atoms with Crippen LogP contribution in [-0.2, 0) is 6.42 Å². The van der Waals surface area contributed by atoms with Gasteiger partial charge in [0.25, 0.3) is 0 Å². The molecular weight excluding hydrogens is 296 g/mol. The van der Waals surface area contributed by atoms with Crippen LogP contribution in [0.3, 0.4) is 0 Å². The highest BCUT2D eigenvalue weighted by atomic mass is 16.3. The van der Waals surface area contributed by atoms with Gasteiger partial charge in [-0.05, 0) is 55.2 Å². The molecule has 0 aliphatic heterocycles. The highest BCUT2D eigenvalue weighted by molar-refractivity contribution is 6.08. The smallest absolute Gasteiger partial charge is 0.227 e. The predicted molar refractivity (Wildman–Crippen MR) is 98.0 cm³/mol. The Kier molecular flexibility index (Phi) is 3.57. The van der Waals surface area contributed by atoms with Crippen molar-refractivity contribution in [3.63, 3.8) is 0 Å². The van der Waals surface area contributed by atoms with E-state index in [1.165, 1.54) is 5.56 Å². The second-order valence-corrected chi connectivity index (χ2v) is 6.76. The van der Waals surface area contributed by atoms with Gasteiger partial charge in [-0.1, -0.05) is 26.0 Å². The third-order valence-corrected chi connectivity index (χ3v) is 4.23. The molecule has 0 fully saturated rings. The monoisotopic (exact) mass is 316 g/mol. The van der Waals surface area contributed by atoms with Crippen molar-refractivity contribution in [2.24, 2.45) is 5.92 Å². The Labute approximate surface area is 141 Å². The Bertz CT molecular complexity index is 1030. The molecule has 0 amide bonds. The standard InChI is InChI=1S/C21H20N2O/c1-13(2)11-15-7-8-17-16-5-4-6-18(20(16)24-21(17)23-15)19-12-14(3)9-10-22-19/h4-10,12-13H,11H2,1-3H3. The summed E-state index contributed by atoms with van der Waals surface area (Å²) in [7, 11) is 0. The van der Waals surface area contributed by atoms with Gasteiger partial charge in [0.15, 0.2) is 0 Å². The summed E-state index contributed by atoms with van der Waals surface area (Å²) in [4.78, 5) is 9.22.